The summed E-state index contributed by atoms with van der Waals surface area (Å²) in [6.07, 6.45) is 7.91. The maximum atomic E-state index is 9.27. The Balaban J connectivity index is 1.99. The first-order valence-corrected chi connectivity index (χ1v) is 7.41. The molecule has 2 unspecified atom stereocenters. The Morgan fingerprint density at radius 1 is 1.45 bits per heavy atom. The molecule has 1 saturated carbocycles. The normalized spacial score (nSPS) is 22.8. The predicted octanol–water partition coefficient (Wildman–Crippen LogP) is 4.00. The minimum absolute atomic E-state index is 0.0383. The highest BCUT2D eigenvalue weighted by Gasteiger charge is 2.60. The van der Waals surface area contributed by atoms with Crippen molar-refractivity contribution in [2.75, 3.05) is 0 Å². The standard InChI is InChI=1S/C18H23NO3/c1-6-7-13-8-9-14(22-13)11-21-17(19-20)16-15(10-12(2)3)18(16,4)5/h1,8-10,15-16,20H,7,11H2,2-5H3. The topological polar surface area (TPSA) is 55.0 Å². The molecule has 1 heterocycles. The third kappa shape index (κ3) is 3.36. The molecule has 4 nitrogen and oxygen atoms in total. The Morgan fingerprint density at radius 2 is 2.14 bits per heavy atom. The largest absolute Gasteiger partial charge is 0.470 e. The van der Waals surface area contributed by atoms with E-state index in [0.29, 0.717) is 24.0 Å². The van der Waals surface area contributed by atoms with E-state index in [2.05, 4.69) is 44.8 Å². The van der Waals surface area contributed by atoms with Crippen LogP contribution >= 0.6 is 0 Å². The number of oxime groups is 1. The maximum Gasteiger partial charge on any atom is 0.230 e. The van der Waals surface area contributed by atoms with Crippen LogP contribution in [0.15, 0.2) is 33.4 Å². The van der Waals surface area contributed by atoms with E-state index in [1.165, 1.54) is 5.57 Å². The molecule has 1 fully saturated rings. The summed E-state index contributed by atoms with van der Waals surface area (Å²) in [4.78, 5) is 0. The lowest BCUT2D eigenvalue weighted by Crippen LogP contribution is -2.11. The summed E-state index contributed by atoms with van der Waals surface area (Å²) in [5.74, 6) is 4.72. The van der Waals surface area contributed by atoms with Gasteiger partial charge in [0, 0.05) is 0 Å². The van der Waals surface area contributed by atoms with E-state index in [1.807, 2.05) is 12.1 Å². The van der Waals surface area contributed by atoms with E-state index in [1.54, 1.807) is 0 Å². The summed E-state index contributed by atoms with van der Waals surface area (Å²) in [5, 5.41) is 12.6. The predicted molar refractivity (Wildman–Crippen MR) is 85.4 cm³/mol. The molecule has 2 atom stereocenters. The molecule has 0 bridgehead atoms. The molecule has 1 aromatic rings. The molecule has 0 aliphatic heterocycles. The molecule has 4 heteroatoms. The lowest BCUT2D eigenvalue weighted by atomic mass is 10.1. The number of terminal acetylenes is 1. The van der Waals surface area contributed by atoms with E-state index < -0.39 is 0 Å². The van der Waals surface area contributed by atoms with Crippen molar-refractivity contribution in [2.45, 2.75) is 40.7 Å². The summed E-state index contributed by atoms with van der Waals surface area (Å²) >= 11 is 0. The second-order valence-corrected chi connectivity index (χ2v) is 6.54. The Morgan fingerprint density at radius 3 is 2.73 bits per heavy atom. The number of hydrogen-bond acceptors (Lipinski definition) is 4. The first-order chi connectivity index (χ1) is 10.4. The van der Waals surface area contributed by atoms with Crippen molar-refractivity contribution in [2.24, 2.45) is 22.4 Å². The fraction of sp³-hybridized carbons (Fsp3) is 0.500. The molecule has 0 spiro atoms. The van der Waals surface area contributed by atoms with Gasteiger partial charge in [-0.2, -0.15) is 0 Å². The number of hydrogen-bond donors (Lipinski definition) is 1. The molecule has 1 aromatic heterocycles. The van der Waals surface area contributed by atoms with Gasteiger partial charge in [0.2, 0.25) is 5.90 Å². The van der Waals surface area contributed by atoms with Gasteiger partial charge in [-0.15, -0.1) is 6.42 Å². The fourth-order valence-corrected chi connectivity index (χ4v) is 2.84. The number of nitrogens with zero attached hydrogens (tertiary/aromatic N) is 1. The zero-order valence-electron chi connectivity index (χ0n) is 13.6. The molecular weight excluding hydrogens is 278 g/mol. The average molecular weight is 301 g/mol. The summed E-state index contributed by atoms with van der Waals surface area (Å²) in [7, 11) is 0. The smallest absolute Gasteiger partial charge is 0.230 e. The molecule has 2 rings (SSSR count). The van der Waals surface area contributed by atoms with Crippen LogP contribution in [-0.4, -0.2) is 11.1 Å². The number of allylic oxidation sites excluding steroid dienone is 2. The first-order valence-electron chi connectivity index (χ1n) is 7.41. The van der Waals surface area contributed by atoms with Crippen molar-refractivity contribution in [3.63, 3.8) is 0 Å². The maximum absolute atomic E-state index is 9.27. The molecule has 0 saturated heterocycles. The van der Waals surface area contributed by atoms with Crippen molar-refractivity contribution >= 4 is 5.90 Å². The number of rotatable bonds is 5. The minimum atomic E-state index is 0.0383. The van der Waals surface area contributed by atoms with Crippen molar-refractivity contribution in [3.05, 3.63) is 35.3 Å². The fourth-order valence-electron chi connectivity index (χ4n) is 2.84. The van der Waals surface area contributed by atoms with Gasteiger partial charge < -0.3 is 14.4 Å². The molecule has 0 amide bonds. The average Bonchev–Trinajstić information content (AvgIpc) is 2.81. The van der Waals surface area contributed by atoms with Crippen LogP contribution in [0, 0.1) is 29.6 Å². The molecule has 0 radical (unpaired) electrons. The van der Waals surface area contributed by atoms with E-state index in [-0.39, 0.29) is 17.9 Å². The van der Waals surface area contributed by atoms with Crippen LogP contribution in [0.2, 0.25) is 0 Å². The van der Waals surface area contributed by atoms with Crippen LogP contribution < -0.4 is 0 Å². The molecule has 1 aliphatic rings. The van der Waals surface area contributed by atoms with Crippen LogP contribution in [0.4, 0.5) is 0 Å². The van der Waals surface area contributed by atoms with Gasteiger partial charge in [-0.1, -0.05) is 36.6 Å². The van der Waals surface area contributed by atoms with E-state index in [0.717, 1.165) is 5.76 Å². The van der Waals surface area contributed by atoms with Gasteiger partial charge in [0.05, 0.1) is 12.3 Å². The molecular formula is C18H23NO3. The van der Waals surface area contributed by atoms with Crippen molar-refractivity contribution in [1.29, 1.82) is 0 Å². The van der Waals surface area contributed by atoms with Crippen LogP contribution in [-0.2, 0) is 17.8 Å². The molecule has 22 heavy (non-hydrogen) atoms. The minimum Gasteiger partial charge on any atom is -0.470 e. The summed E-state index contributed by atoms with van der Waals surface area (Å²) < 4.78 is 11.2. The summed E-state index contributed by atoms with van der Waals surface area (Å²) in [6.45, 7) is 8.66. The Hall–Kier alpha value is -2.15. The molecule has 1 aliphatic carbocycles. The SMILES string of the molecule is C#CCc1ccc(COC(=NO)C2C(C=C(C)C)C2(C)C)o1. The van der Waals surface area contributed by atoms with Gasteiger partial charge in [0.15, 0.2) is 0 Å². The Labute approximate surface area is 131 Å². The third-order valence-corrected chi connectivity index (χ3v) is 4.14. The number of ether oxygens (including phenoxy) is 1. The van der Waals surface area contributed by atoms with Crippen LogP contribution in [0.5, 0.6) is 0 Å². The van der Waals surface area contributed by atoms with Gasteiger partial charge in [-0.05, 0) is 37.3 Å². The third-order valence-electron chi connectivity index (χ3n) is 4.14. The van der Waals surface area contributed by atoms with Crippen LogP contribution in [0.1, 0.15) is 39.2 Å². The van der Waals surface area contributed by atoms with Crippen molar-refractivity contribution in [1.82, 2.24) is 0 Å². The van der Waals surface area contributed by atoms with Gasteiger partial charge in [0.25, 0.3) is 0 Å². The van der Waals surface area contributed by atoms with Gasteiger partial charge in [-0.25, -0.2) is 0 Å². The Bertz CT molecular complexity index is 627. The second-order valence-electron chi connectivity index (χ2n) is 6.54. The van der Waals surface area contributed by atoms with Crippen molar-refractivity contribution < 1.29 is 14.4 Å². The van der Waals surface area contributed by atoms with E-state index in [4.69, 9.17) is 15.6 Å². The summed E-state index contributed by atoms with van der Waals surface area (Å²) in [5.41, 5.74) is 1.29. The molecule has 1 N–H and O–H groups in total. The van der Waals surface area contributed by atoms with Crippen LogP contribution in [0.3, 0.4) is 0 Å². The van der Waals surface area contributed by atoms with Gasteiger partial charge in [0.1, 0.15) is 18.1 Å². The zero-order chi connectivity index (χ0) is 16.3. The van der Waals surface area contributed by atoms with Crippen molar-refractivity contribution in [3.8, 4) is 12.3 Å². The highest BCUT2D eigenvalue weighted by Crippen LogP contribution is 2.60. The van der Waals surface area contributed by atoms with E-state index >= 15 is 0 Å². The van der Waals surface area contributed by atoms with Gasteiger partial charge >= 0.3 is 0 Å². The highest BCUT2D eigenvalue weighted by molar-refractivity contribution is 5.83. The number of furan rings is 1. The second kappa shape index (κ2) is 6.31. The van der Waals surface area contributed by atoms with Crippen LogP contribution in [0.25, 0.3) is 0 Å². The monoisotopic (exact) mass is 301 g/mol. The van der Waals surface area contributed by atoms with E-state index in [9.17, 15) is 5.21 Å². The summed E-state index contributed by atoms with van der Waals surface area (Å²) in [6, 6.07) is 3.66. The highest BCUT2D eigenvalue weighted by atomic mass is 16.5. The lowest BCUT2D eigenvalue weighted by Gasteiger charge is -2.07. The quantitative estimate of drug-likeness (QED) is 0.223. The first kappa shape index (κ1) is 16.2. The zero-order valence-corrected chi connectivity index (χ0v) is 13.6. The molecule has 0 aromatic carbocycles. The Kier molecular flexibility index (Phi) is 4.65. The lowest BCUT2D eigenvalue weighted by molar-refractivity contribution is 0.213. The van der Waals surface area contributed by atoms with Gasteiger partial charge in [-0.3, -0.25) is 0 Å². The molecule has 118 valence electrons.